The number of sulfonamides is 1. The van der Waals surface area contributed by atoms with Crippen LogP contribution in [0.5, 0.6) is 0 Å². The topological polar surface area (TPSA) is 118 Å². The second-order valence-corrected chi connectivity index (χ2v) is 11.0. The number of carbonyl (C=O) groups excluding carboxylic acids is 1. The first-order chi connectivity index (χ1) is 17.5. The minimum absolute atomic E-state index is 0.0563. The standard InChI is InChI=1S/C21H18Cl2N2O5S.C6H4/c1-2-12-7-13-5-3-4-6-17(13)20(19(12)21(24)28)25(11-18(26)27)31(29,30)16-9-14(22)8-15(23)10-16;1-2-5-4-6(5)3-1/h3-10H,2,11H2,1H3,(H2,24,28)(H,26,27);1-4H. The lowest BCUT2D eigenvalue weighted by molar-refractivity contribution is -0.135. The average molecular weight is 557 g/mol. The summed E-state index contributed by atoms with van der Waals surface area (Å²) in [4.78, 5) is 23.8. The lowest BCUT2D eigenvalue weighted by Gasteiger charge is -2.27. The number of rotatable bonds is 7. The van der Waals surface area contributed by atoms with Gasteiger partial charge in [0.15, 0.2) is 0 Å². The minimum atomic E-state index is -4.49. The molecule has 0 unspecified atom stereocenters. The van der Waals surface area contributed by atoms with Gasteiger partial charge in [-0.2, -0.15) is 0 Å². The third-order valence-electron chi connectivity index (χ3n) is 5.80. The van der Waals surface area contributed by atoms with Crippen LogP contribution in [0.3, 0.4) is 0 Å². The number of nitrogens with two attached hydrogens (primary N) is 1. The molecule has 0 saturated carbocycles. The number of carbonyl (C=O) groups is 2. The quantitative estimate of drug-likeness (QED) is 0.264. The number of primary amides is 1. The number of benzene rings is 4. The van der Waals surface area contributed by atoms with E-state index in [0.29, 0.717) is 27.1 Å². The van der Waals surface area contributed by atoms with Gasteiger partial charge in [0.05, 0.1) is 16.1 Å². The number of fused-ring (bicyclic) bond motifs is 2. The summed E-state index contributed by atoms with van der Waals surface area (Å²) < 4.78 is 27.8. The number of carboxylic acids is 1. The molecule has 3 aromatic carbocycles. The highest BCUT2D eigenvalue weighted by molar-refractivity contribution is 7.93. The molecule has 37 heavy (non-hydrogen) atoms. The van der Waals surface area contributed by atoms with Crippen LogP contribution in [-0.4, -0.2) is 31.9 Å². The molecule has 0 atom stereocenters. The van der Waals surface area contributed by atoms with Crippen molar-refractivity contribution in [3.05, 3.63) is 94.0 Å². The Morgan fingerprint density at radius 2 is 1.54 bits per heavy atom. The SMILES string of the molecule is CCc1cc2ccccc2c(N(CC(=O)O)S(=O)(=O)c2cc(Cl)cc(Cl)c2)c1C(N)=O.c1cc2cc-2c1. The molecule has 1 amide bonds. The maximum Gasteiger partial charge on any atom is 0.324 e. The number of carboxylic acid groups (broad SMARTS) is 1. The van der Waals surface area contributed by atoms with E-state index in [1.54, 1.807) is 37.3 Å². The molecule has 0 radical (unpaired) electrons. The number of aliphatic carboxylic acids is 1. The Morgan fingerprint density at radius 1 is 0.919 bits per heavy atom. The highest BCUT2D eigenvalue weighted by Crippen LogP contribution is 2.38. The summed E-state index contributed by atoms with van der Waals surface area (Å²) in [7, 11) is -4.49. The van der Waals surface area contributed by atoms with Crippen molar-refractivity contribution in [2.24, 2.45) is 5.73 Å². The molecule has 0 bridgehead atoms. The number of amides is 1. The van der Waals surface area contributed by atoms with Gasteiger partial charge >= 0.3 is 5.97 Å². The molecule has 2 aliphatic rings. The monoisotopic (exact) mass is 556 g/mol. The summed E-state index contributed by atoms with van der Waals surface area (Å²) in [6, 6.07) is 20.6. The molecular weight excluding hydrogens is 535 g/mol. The Bertz CT molecular complexity index is 1620. The van der Waals surface area contributed by atoms with Crippen LogP contribution in [0.4, 0.5) is 5.69 Å². The summed E-state index contributed by atoms with van der Waals surface area (Å²) >= 11 is 12.0. The van der Waals surface area contributed by atoms with Crippen molar-refractivity contribution in [2.45, 2.75) is 18.2 Å². The Labute approximate surface area is 224 Å². The normalized spacial score (nSPS) is 11.4. The maximum atomic E-state index is 13.6. The third kappa shape index (κ3) is 5.56. The van der Waals surface area contributed by atoms with Crippen LogP contribution in [-0.2, 0) is 21.2 Å². The number of hydrogen-bond acceptors (Lipinski definition) is 4. The van der Waals surface area contributed by atoms with Gasteiger partial charge in [0.1, 0.15) is 6.54 Å². The van der Waals surface area contributed by atoms with Crippen molar-refractivity contribution in [3.8, 4) is 11.1 Å². The van der Waals surface area contributed by atoms with Gasteiger partial charge in [0, 0.05) is 15.4 Å². The highest BCUT2D eigenvalue weighted by atomic mass is 35.5. The molecule has 5 rings (SSSR count). The number of aryl methyl sites for hydroxylation is 1. The lowest BCUT2D eigenvalue weighted by Crippen LogP contribution is -2.37. The van der Waals surface area contributed by atoms with Gasteiger partial charge in [-0.25, -0.2) is 8.42 Å². The molecule has 3 aromatic rings. The van der Waals surface area contributed by atoms with E-state index in [1.807, 2.05) is 0 Å². The Hall–Kier alpha value is -3.59. The second kappa shape index (κ2) is 10.4. The number of anilines is 1. The molecule has 7 nitrogen and oxygen atoms in total. The first kappa shape index (κ1) is 26.5. The number of nitrogens with zero attached hydrogens (tertiary/aromatic N) is 1. The van der Waals surface area contributed by atoms with Crippen molar-refractivity contribution in [1.82, 2.24) is 0 Å². The Morgan fingerprint density at radius 3 is 2.03 bits per heavy atom. The zero-order valence-corrected chi connectivity index (χ0v) is 21.9. The smallest absolute Gasteiger partial charge is 0.324 e. The van der Waals surface area contributed by atoms with E-state index >= 15 is 0 Å². The van der Waals surface area contributed by atoms with E-state index in [0.717, 1.165) is 12.1 Å². The molecule has 10 heteroatoms. The summed E-state index contributed by atoms with van der Waals surface area (Å²) in [5, 5.41) is 10.6. The van der Waals surface area contributed by atoms with Gasteiger partial charge in [0.25, 0.3) is 15.9 Å². The fraction of sp³-hybridized carbons (Fsp3) is 0.111. The first-order valence-corrected chi connectivity index (χ1v) is 13.4. The van der Waals surface area contributed by atoms with Gasteiger partial charge in [-0.1, -0.05) is 78.7 Å². The van der Waals surface area contributed by atoms with E-state index in [1.165, 1.54) is 17.2 Å². The van der Waals surface area contributed by atoms with Crippen LogP contribution in [0.2, 0.25) is 10.0 Å². The third-order valence-corrected chi connectivity index (χ3v) is 7.96. The molecule has 0 aliphatic heterocycles. The summed E-state index contributed by atoms with van der Waals surface area (Å²) in [5.41, 5.74) is 8.83. The molecule has 3 N–H and O–H groups in total. The van der Waals surface area contributed by atoms with Crippen molar-refractivity contribution in [1.29, 1.82) is 0 Å². The fourth-order valence-electron chi connectivity index (χ4n) is 4.09. The number of halogens is 2. The maximum absolute atomic E-state index is 13.6. The van der Waals surface area contributed by atoms with E-state index in [-0.39, 0.29) is 26.2 Å². The molecule has 0 spiro atoms. The van der Waals surface area contributed by atoms with Crippen LogP contribution in [0.1, 0.15) is 22.8 Å². The molecular formula is C27H22Cl2N2O5S. The molecule has 2 aliphatic carbocycles. The van der Waals surface area contributed by atoms with Crippen molar-refractivity contribution in [3.63, 3.8) is 0 Å². The molecule has 0 heterocycles. The van der Waals surface area contributed by atoms with E-state index in [9.17, 15) is 23.1 Å². The highest BCUT2D eigenvalue weighted by Gasteiger charge is 2.33. The van der Waals surface area contributed by atoms with Crippen LogP contribution < -0.4 is 10.0 Å². The van der Waals surface area contributed by atoms with E-state index < -0.39 is 28.4 Å². The lowest BCUT2D eigenvalue weighted by atomic mass is 9.96. The van der Waals surface area contributed by atoms with Crippen LogP contribution >= 0.6 is 23.2 Å². The minimum Gasteiger partial charge on any atom is -0.480 e. The van der Waals surface area contributed by atoms with Gasteiger partial charge in [-0.15, -0.1) is 0 Å². The van der Waals surface area contributed by atoms with Gasteiger partial charge in [-0.3, -0.25) is 13.9 Å². The van der Waals surface area contributed by atoms with E-state index in [2.05, 4.69) is 24.3 Å². The largest absolute Gasteiger partial charge is 0.480 e. The van der Waals surface area contributed by atoms with Crippen LogP contribution in [0.25, 0.3) is 21.9 Å². The first-order valence-electron chi connectivity index (χ1n) is 11.2. The predicted octanol–water partition coefficient (Wildman–Crippen LogP) is 5.75. The fourth-order valence-corrected chi connectivity index (χ4v) is 6.26. The molecule has 0 fully saturated rings. The van der Waals surface area contributed by atoms with Gasteiger partial charge < -0.3 is 10.8 Å². The van der Waals surface area contributed by atoms with Gasteiger partial charge in [0.2, 0.25) is 0 Å². The summed E-state index contributed by atoms with van der Waals surface area (Å²) in [5.74, 6) is -2.29. The zero-order valence-electron chi connectivity index (χ0n) is 19.6. The van der Waals surface area contributed by atoms with Crippen molar-refractivity contribution >= 4 is 61.6 Å². The summed E-state index contributed by atoms with van der Waals surface area (Å²) in [6.07, 6.45) is 0.375. The van der Waals surface area contributed by atoms with Gasteiger partial charge in [-0.05, 0) is 52.8 Å². The zero-order chi connectivity index (χ0) is 26.9. The van der Waals surface area contributed by atoms with Crippen molar-refractivity contribution < 1.29 is 23.1 Å². The second-order valence-electron chi connectivity index (χ2n) is 8.29. The van der Waals surface area contributed by atoms with Crippen LogP contribution in [0, 0.1) is 0 Å². The number of hydrogen-bond donors (Lipinski definition) is 2. The Balaban J connectivity index is 0.000000458. The van der Waals surface area contributed by atoms with Crippen LogP contribution in [0.15, 0.2) is 77.7 Å². The summed E-state index contributed by atoms with van der Waals surface area (Å²) in [6.45, 7) is 0.844. The van der Waals surface area contributed by atoms with E-state index in [4.69, 9.17) is 28.9 Å². The molecule has 190 valence electrons. The molecule has 0 saturated heterocycles. The predicted molar refractivity (Wildman–Crippen MR) is 146 cm³/mol. The van der Waals surface area contributed by atoms with Crippen molar-refractivity contribution in [2.75, 3.05) is 10.8 Å². The molecule has 0 aromatic heterocycles. The Kier molecular flexibility index (Phi) is 7.45. The average Bonchev–Trinajstić information content (AvgIpc) is 3.44.